The van der Waals surface area contributed by atoms with Crippen molar-refractivity contribution in [3.63, 3.8) is 0 Å². The second-order valence-electron chi connectivity index (χ2n) is 3.73. The molecule has 18 heavy (non-hydrogen) atoms. The highest BCUT2D eigenvalue weighted by molar-refractivity contribution is 5.86. The lowest BCUT2D eigenvalue weighted by atomic mass is 10.1. The average molecular weight is 249 g/mol. The number of ether oxygens (including phenoxy) is 1. The number of esters is 1. The molecule has 0 amide bonds. The van der Waals surface area contributed by atoms with E-state index in [0.717, 1.165) is 0 Å². The standard InChI is InChI=1S/C13H12FNO3/c1-17-13(16)11-6-5-10(18-11)12(15)8-3-2-4-9(14)7-8/h2-7,12H,15H2,1H3. The number of methoxy groups -OCH3 is 1. The van der Waals surface area contributed by atoms with Crippen molar-refractivity contribution in [2.45, 2.75) is 6.04 Å². The maximum absolute atomic E-state index is 13.1. The second-order valence-corrected chi connectivity index (χ2v) is 3.73. The SMILES string of the molecule is COC(=O)c1ccc(C(N)c2cccc(F)c2)o1. The van der Waals surface area contributed by atoms with Crippen LogP contribution in [0, 0.1) is 5.82 Å². The number of hydrogen-bond donors (Lipinski definition) is 1. The number of carbonyl (C=O) groups excluding carboxylic acids is 1. The van der Waals surface area contributed by atoms with Crippen LogP contribution in [0.5, 0.6) is 0 Å². The van der Waals surface area contributed by atoms with Crippen molar-refractivity contribution in [3.8, 4) is 0 Å². The Labute approximate surface area is 103 Å². The molecular weight excluding hydrogens is 237 g/mol. The van der Waals surface area contributed by atoms with Crippen molar-refractivity contribution >= 4 is 5.97 Å². The van der Waals surface area contributed by atoms with Crippen LogP contribution in [-0.2, 0) is 4.74 Å². The normalized spacial score (nSPS) is 12.2. The zero-order valence-corrected chi connectivity index (χ0v) is 9.72. The molecule has 1 heterocycles. The minimum Gasteiger partial charge on any atom is -0.463 e. The first kappa shape index (κ1) is 12.3. The quantitative estimate of drug-likeness (QED) is 0.847. The van der Waals surface area contributed by atoms with Gasteiger partial charge in [0.05, 0.1) is 13.2 Å². The summed E-state index contributed by atoms with van der Waals surface area (Å²) in [5.74, 6) is -0.504. The predicted octanol–water partition coefficient (Wildman–Crippen LogP) is 2.25. The monoisotopic (exact) mass is 249 g/mol. The third-order valence-corrected chi connectivity index (χ3v) is 2.53. The topological polar surface area (TPSA) is 65.5 Å². The van der Waals surface area contributed by atoms with Gasteiger partial charge in [-0.25, -0.2) is 9.18 Å². The first-order chi connectivity index (χ1) is 8.61. The maximum Gasteiger partial charge on any atom is 0.373 e. The average Bonchev–Trinajstić information content (AvgIpc) is 2.86. The van der Waals surface area contributed by atoms with Gasteiger partial charge in [-0.3, -0.25) is 0 Å². The van der Waals surface area contributed by atoms with E-state index in [2.05, 4.69) is 4.74 Å². The minimum absolute atomic E-state index is 0.0688. The Balaban J connectivity index is 2.26. The van der Waals surface area contributed by atoms with Crippen LogP contribution in [0.1, 0.15) is 27.9 Å². The largest absolute Gasteiger partial charge is 0.463 e. The lowest BCUT2D eigenvalue weighted by molar-refractivity contribution is 0.0562. The summed E-state index contributed by atoms with van der Waals surface area (Å²) in [5.41, 5.74) is 6.50. The van der Waals surface area contributed by atoms with E-state index in [1.807, 2.05) is 0 Å². The number of furan rings is 1. The van der Waals surface area contributed by atoms with Gasteiger partial charge in [-0.15, -0.1) is 0 Å². The van der Waals surface area contributed by atoms with Crippen molar-refractivity contribution in [2.24, 2.45) is 5.73 Å². The third kappa shape index (κ3) is 2.41. The van der Waals surface area contributed by atoms with Gasteiger partial charge in [0.25, 0.3) is 0 Å². The summed E-state index contributed by atoms with van der Waals surface area (Å²) in [6, 6.07) is 8.33. The summed E-state index contributed by atoms with van der Waals surface area (Å²) in [7, 11) is 1.26. The van der Waals surface area contributed by atoms with Gasteiger partial charge in [-0.2, -0.15) is 0 Å². The molecule has 2 N–H and O–H groups in total. The molecule has 1 unspecified atom stereocenters. The molecule has 0 aliphatic rings. The van der Waals surface area contributed by atoms with Crippen LogP contribution < -0.4 is 5.73 Å². The van der Waals surface area contributed by atoms with E-state index in [0.29, 0.717) is 11.3 Å². The van der Waals surface area contributed by atoms with Crippen LogP contribution in [0.2, 0.25) is 0 Å². The maximum atomic E-state index is 13.1. The number of nitrogens with two attached hydrogens (primary N) is 1. The van der Waals surface area contributed by atoms with Crippen LogP contribution in [-0.4, -0.2) is 13.1 Å². The van der Waals surface area contributed by atoms with E-state index in [1.54, 1.807) is 18.2 Å². The molecule has 0 aliphatic heterocycles. The van der Waals surface area contributed by atoms with Gasteiger partial charge >= 0.3 is 5.97 Å². The molecule has 0 spiro atoms. The van der Waals surface area contributed by atoms with Crippen molar-refractivity contribution in [2.75, 3.05) is 7.11 Å². The fourth-order valence-corrected chi connectivity index (χ4v) is 1.59. The summed E-state index contributed by atoms with van der Waals surface area (Å²) in [5, 5.41) is 0. The van der Waals surface area contributed by atoms with Crippen LogP contribution in [0.4, 0.5) is 4.39 Å². The Morgan fingerprint density at radius 1 is 1.39 bits per heavy atom. The fourth-order valence-electron chi connectivity index (χ4n) is 1.59. The Kier molecular flexibility index (Phi) is 3.43. The minimum atomic E-state index is -0.626. The molecule has 2 rings (SSSR count). The van der Waals surface area contributed by atoms with Crippen molar-refractivity contribution in [1.82, 2.24) is 0 Å². The Hall–Kier alpha value is -2.14. The predicted molar refractivity (Wildman–Crippen MR) is 62.5 cm³/mol. The Morgan fingerprint density at radius 2 is 2.17 bits per heavy atom. The number of hydrogen-bond acceptors (Lipinski definition) is 4. The number of halogens is 1. The summed E-state index contributed by atoms with van der Waals surface area (Å²) in [6.45, 7) is 0. The van der Waals surface area contributed by atoms with Crippen molar-refractivity contribution < 1.29 is 18.3 Å². The van der Waals surface area contributed by atoms with Gasteiger partial charge in [0.2, 0.25) is 5.76 Å². The number of benzene rings is 1. The first-order valence-corrected chi connectivity index (χ1v) is 5.31. The van der Waals surface area contributed by atoms with E-state index in [4.69, 9.17) is 10.2 Å². The molecule has 4 nitrogen and oxygen atoms in total. The third-order valence-electron chi connectivity index (χ3n) is 2.53. The zero-order valence-electron chi connectivity index (χ0n) is 9.72. The molecule has 0 saturated carbocycles. The molecule has 94 valence electrons. The number of carbonyl (C=O) groups is 1. The van der Waals surface area contributed by atoms with Crippen LogP contribution >= 0.6 is 0 Å². The van der Waals surface area contributed by atoms with E-state index in [-0.39, 0.29) is 11.6 Å². The molecule has 0 fully saturated rings. The van der Waals surface area contributed by atoms with Gasteiger partial charge in [-0.05, 0) is 29.8 Å². The van der Waals surface area contributed by atoms with E-state index in [9.17, 15) is 9.18 Å². The molecule has 0 bridgehead atoms. The lowest BCUT2D eigenvalue weighted by Crippen LogP contribution is -2.11. The first-order valence-electron chi connectivity index (χ1n) is 5.31. The molecular formula is C13H12FNO3. The van der Waals surface area contributed by atoms with E-state index in [1.165, 1.54) is 25.3 Å². The molecule has 0 aliphatic carbocycles. The van der Waals surface area contributed by atoms with Gasteiger partial charge in [0, 0.05) is 0 Å². The molecule has 1 aromatic carbocycles. The Bertz CT molecular complexity index is 565. The van der Waals surface area contributed by atoms with Gasteiger partial charge in [0.1, 0.15) is 11.6 Å². The zero-order chi connectivity index (χ0) is 13.1. The van der Waals surface area contributed by atoms with Gasteiger partial charge < -0.3 is 14.9 Å². The lowest BCUT2D eigenvalue weighted by Gasteiger charge is -2.08. The van der Waals surface area contributed by atoms with Crippen molar-refractivity contribution in [1.29, 1.82) is 0 Å². The van der Waals surface area contributed by atoms with Crippen LogP contribution in [0.25, 0.3) is 0 Å². The fraction of sp³-hybridized carbons (Fsp3) is 0.154. The van der Waals surface area contributed by atoms with Crippen molar-refractivity contribution in [3.05, 3.63) is 59.3 Å². The van der Waals surface area contributed by atoms with Gasteiger partial charge in [0.15, 0.2) is 0 Å². The molecule has 0 saturated heterocycles. The second kappa shape index (κ2) is 5.01. The smallest absolute Gasteiger partial charge is 0.373 e. The highest BCUT2D eigenvalue weighted by Crippen LogP contribution is 2.22. The van der Waals surface area contributed by atoms with Crippen LogP contribution in [0.15, 0.2) is 40.8 Å². The Morgan fingerprint density at radius 3 is 2.83 bits per heavy atom. The number of rotatable bonds is 3. The molecule has 5 heteroatoms. The molecule has 0 radical (unpaired) electrons. The summed E-state index contributed by atoms with van der Waals surface area (Å²) >= 11 is 0. The highest BCUT2D eigenvalue weighted by Gasteiger charge is 2.17. The molecule has 2 aromatic rings. The molecule has 1 aromatic heterocycles. The summed E-state index contributed by atoms with van der Waals surface area (Å²) in [6.07, 6.45) is 0. The molecule has 1 atom stereocenters. The van der Waals surface area contributed by atoms with Crippen LogP contribution in [0.3, 0.4) is 0 Å². The summed E-state index contributed by atoms with van der Waals surface area (Å²) in [4.78, 5) is 11.2. The van der Waals surface area contributed by atoms with E-state index < -0.39 is 12.0 Å². The van der Waals surface area contributed by atoms with E-state index >= 15 is 0 Å². The summed E-state index contributed by atoms with van der Waals surface area (Å²) < 4.78 is 22.9. The van der Waals surface area contributed by atoms with Gasteiger partial charge in [-0.1, -0.05) is 12.1 Å². The highest BCUT2D eigenvalue weighted by atomic mass is 19.1.